The van der Waals surface area contributed by atoms with E-state index >= 15 is 0 Å². The maximum atomic E-state index is 10.7. The molecule has 108 valence electrons. The van der Waals surface area contributed by atoms with Crippen LogP contribution >= 0.6 is 27.5 Å². The smallest absolute Gasteiger partial charge is 0.328 e. The number of halogens is 2. The Kier molecular flexibility index (Phi) is 5.04. The Bertz CT molecular complexity index is 711. The normalized spacial score (nSPS) is 10.8. The Morgan fingerprint density at radius 2 is 2.00 bits per heavy atom. The van der Waals surface area contributed by atoms with Gasteiger partial charge in [0, 0.05) is 16.1 Å². The molecule has 2 aromatic rings. The highest BCUT2D eigenvalue weighted by molar-refractivity contribution is 9.10. The van der Waals surface area contributed by atoms with Gasteiger partial charge in [0.25, 0.3) is 0 Å². The van der Waals surface area contributed by atoms with Crippen molar-refractivity contribution in [3.63, 3.8) is 0 Å². The maximum absolute atomic E-state index is 10.7. The number of aryl methyl sites for hydroxylation is 1. The number of carboxylic acids is 1. The highest BCUT2D eigenvalue weighted by atomic mass is 79.9. The fourth-order valence-electron chi connectivity index (χ4n) is 1.71. The van der Waals surface area contributed by atoms with Crippen LogP contribution in [0.3, 0.4) is 0 Å². The molecular formula is C16H12BrClO3. The van der Waals surface area contributed by atoms with Gasteiger partial charge in [-0.05, 0) is 48.9 Å². The molecule has 0 radical (unpaired) electrons. The van der Waals surface area contributed by atoms with Gasteiger partial charge >= 0.3 is 5.97 Å². The molecule has 2 rings (SSSR count). The predicted octanol–water partition coefficient (Wildman–Crippen LogP) is 5.30. The van der Waals surface area contributed by atoms with Crippen molar-refractivity contribution in [1.82, 2.24) is 0 Å². The lowest BCUT2D eigenvalue weighted by atomic mass is 10.2. The van der Waals surface area contributed by atoms with Gasteiger partial charge in [0.15, 0.2) is 0 Å². The standard InChI is InChI=1S/C16H12BrClO3/c1-10-2-5-13(18)15(8-10)21-14-6-4-12(17)9-11(14)3-7-16(19)20/h2-9H,1H3,(H,19,20)/b7-3+. The van der Waals surface area contributed by atoms with Gasteiger partial charge in [-0.3, -0.25) is 0 Å². The van der Waals surface area contributed by atoms with E-state index in [1.165, 1.54) is 6.08 Å². The Balaban J connectivity index is 2.39. The van der Waals surface area contributed by atoms with Crippen LogP contribution in [0.5, 0.6) is 11.5 Å². The van der Waals surface area contributed by atoms with Crippen LogP contribution in [-0.4, -0.2) is 11.1 Å². The van der Waals surface area contributed by atoms with E-state index in [0.29, 0.717) is 22.1 Å². The van der Waals surface area contributed by atoms with Crippen LogP contribution in [0.15, 0.2) is 46.9 Å². The van der Waals surface area contributed by atoms with Gasteiger partial charge in [-0.2, -0.15) is 0 Å². The number of carboxylic acid groups (broad SMARTS) is 1. The van der Waals surface area contributed by atoms with E-state index < -0.39 is 5.97 Å². The van der Waals surface area contributed by atoms with Crippen molar-refractivity contribution in [2.75, 3.05) is 0 Å². The zero-order chi connectivity index (χ0) is 15.4. The second kappa shape index (κ2) is 6.78. The summed E-state index contributed by atoms with van der Waals surface area (Å²) in [6.07, 6.45) is 2.54. The van der Waals surface area contributed by atoms with Crippen LogP contribution in [0, 0.1) is 6.92 Å². The van der Waals surface area contributed by atoms with Crippen molar-refractivity contribution in [2.24, 2.45) is 0 Å². The molecule has 0 spiro atoms. The minimum absolute atomic E-state index is 0.497. The molecule has 0 aromatic heterocycles. The first-order valence-electron chi connectivity index (χ1n) is 6.10. The first-order valence-corrected chi connectivity index (χ1v) is 7.27. The fourth-order valence-corrected chi connectivity index (χ4v) is 2.25. The van der Waals surface area contributed by atoms with Gasteiger partial charge in [0.1, 0.15) is 11.5 Å². The lowest BCUT2D eigenvalue weighted by Gasteiger charge is -2.11. The van der Waals surface area contributed by atoms with Crippen molar-refractivity contribution in [2.45, 2.75) is 6.92 Å². The Hall–Kier alpha value is -1.78. The third kappa shape index (κ3) is 4.34. The van der Waals surface area contributed by atoms with Gasteiger partial charge in [-0.15, -0.1) is 0 Å². The summed E-state index contributed by atoms with van der Waals surface area (Å²) in [6, 6.07) is 10.8. The second-order valence-corrected chi connectivity index (χ2v) is 5.71. The Labute approximate surface area is 135 Å². The largest absolute Gasteiger partial charge is 0.478 e. The van der Waals surface area contributed by atoms with Crippen LogP contribution < -0.4 is 4.74 Å². The minimum Gasteiger partial charge on any atom is -0.478 e. The zero-order valence-electron chi connectivity index (χ0n) is 11.1. The molecule has 0 bridgehead atoms. The highest BCUT2D eigenvalue weighted by Crippen LogP contribution is 2.33. The molecule has 3 nitrogen and oxygen atoms in total. The predicted molar refractivity (Wildman–Crippen MR) is 87.1 cm³/mol. The number of rotatable bonds is 4. The van der Waals surface area contributed by atoms with Crippen molar-refractivity contribution >= 4 is 39.6 Å². The molecule has 1 N–H and O–H groups in total. The van der Waals surface area contributed by atoms with Gasteiger partial charge in [-0.25, -0.2) is 4.79 Å². The van der Waals surface area contributed by atoms with E-state index in [1.54, 1.807) is 18.2 Å². The molecule has 2 aromatic carbocycles. The number of hydrogen-bond donors (Lipinski definition) is 1. The first kappa shape index (κ1) is 15.6. The van der Waals surface area contributed by atoms with E-state index in [4.69, 9.17) is 21.4 Å². The molecule has 0 unspecified atom stereocenters. The van der Waals surface area contributed by atoms with E-state index in [2.05, 4.69) is 15.9 Å². The Morgan fingerprint density at radius 3 is 2.71 bits per heavy atom. The molecular weight excluding hydrogens is 356 g/mol. The molecule has 0 aliphatic carbocycles. The topological polar surface area (TPSA) is 46.5 Å². The molecule has 0 heterocycles. The van der Waals surface area contributed by atoms with Gasteiger partial charge < -0.3 is 9.84 Å². The molecule has 0 fully saturated rings. The molecule has 0 atom stereocenters. The van der Waals surface area contributed by atoms with E-state index in [0.717, 1.165) is 16.1 Å². The van der Waals surface area contributed by atoms with E-state index in [9.17, 15) is 4.79 Å². The zero-order valence-corrected chi connectivity index (χ0v) is 13.5. The third-order valence-electron chi connectivity index (χ3n) is 2.68. The molecule has 0 saturated heterocycles. The van der Waals surface area contributed by atoms with E-state index in [1.807, 2.05) is 25.1 Å². The summed E-state index contributed by atoms with van der Waals surface area (Å²) in [4.78, 5) is 10.7. The van der Waals surface area contributed by atoms with Crippen molar-refractivity contribution < 1.29 is 14.6 Å². The Morgan fingerprint density at radius 1 is 1.24 bits per heavy atom. The quantitative estimate of drug-likeness (QED) is 0.746. The lowest BCUT2D eigenvalue weighted by Crippen LogP contribution is -1.91. The summed E-state index contributed by atoms with van der Waals surface area (Å²) >= 11 is 9.46. The summed E-state index contributed by atoms with van der Waals surface area (Å²) in [6.45, 7) is 1.94. The van der Waals surface area contributed by atoms with Crippen LogP contribution in [0.2, 0.25) is 5.02 Å². The van der Waals surface area contributed by atoms with Crippen LogP contribution in [-0.2, 0) is 4.79 Å². The number of ether oxygens (including phenoxy) is 1. The summed E-state index contributed by atoms with van der Waals surface area (Å²) in [5.74, 6) is 0.0432. The summed E-state index contributed by atoms with van der Waals surface area (Å²) < 4.78 is 6.64. The van der Waals surface area contributed by atoms with Crippen LogP contribution in [0.4, 0.5) is 0 Å². The molecule has 0 aliphatic rings. The molecule has 5 heteroatoms. The fraction of sp³-hybridized carbons (Fsp3) is 0.0625. The summed E-state index contributed by atoms with van der Waals surface area (Å²) in [7, 11) is 0. The number of carbonyl (C=O) groups is 1. The molecule has 0 aliphatic heterocycles. The summed E-state index contributed by atoms with van der Waals surface area (Å²) in [5.41, 5.74) is 1.67. The van der Waals surface area contributed by atoms with Crippen LogP contribution in [0.1, 0.15) is 11.1 Å². The number of aliphatic carboxylic acids is 1. The highest BCUT2D eigenvalue weighted by Gasteiger charge is 2.07. The summed E-state index contributed by atoms with van der Waals surface area (Å²) in [5, 5.41) is 9.24. The average Bonchev–Trinajstić information content (AvgIpc) is 2.43. The minimum atomic E-state index is -1.02. The van der Waals surface area contributed by atoms with Crippen molar-refractivity contribution in [3.8, 4) is 11.5 Å². The first-order chi connectivity index (χ1) is 9.95. The van der Waals surface area contributed by atoms with Gasteiger partial charge in [0.2, 0.25) is 0 Å². The SMILES string of the molecule is Cc1ccc(Cl)c(Oc2ccc(Br)cc2/C=C/C(=O)O)c1. The van der Waals surface area contributed by atoms with Crippen molar-refractivity contribution in [3.05, 3.63) is 63.1 Å². The molecule has 0 saturated carbocycles. The van der Waals surface area contributed by atoms with E-state index in [-0.39, 0.29) is 0 Å². The van der Waals surface area contributed by atoms with Gasteiger partial charge in [-0.1, -0.05) is 33.6 Å². The van der Waals surface area contributed by atoms with Gasteiger partial charge in [0.05, 0.1) is 5.02 Å². The van der Waals surface area contributed by atoms with Crippen LogP contribution in [0.25, 0.3) is 6.08 Å². The average molecular weight is 368 g/mol. The third-order valence-corrected chi connectivity index (χ3v) is 3.49. The number of benzene rings is 2. The monoisotopic (exact) mass is 366 g/mol. The molecule has 21 heavy (non-hydrogen) atoms. The molecule has 0 amide bonds. The maximum Gasteiger partial charge on any atom is 0.328 e. The van der Waals surface area contributed by atoms with Crippen molar-refractivity contribution in [1.29, 1.82) is 0 Å². The number of hydrogen-bond acceptors (Lipinski definition) is 2. The lowest BCUT2D eigenvalue weighted by molar-refractivity contribution is -0.131. The second-order valence-electron chi connectivity index (χ2n) is 4.39.